The Kier molecular flexibility index (Phi) is 3.86. The predicted octanol–water partition coefficient (Wildman–Crippen LogP) is 2.19. The number of carbonyl (C=O) groups is 1. The van der Waals surface area contributed by atoms with Gasteiger partial charge in [0.1, 0.15) is 0 Å². The molecular formula is C15H12N4O3. The van der Waals surface area contributed by atoms with E-state index in [1.54, 1.807) is 0 Å². The maximum absolute atomic E-state index is 11.7. The zero-order valence-corrected chi connectivity index (χ0v) is 11.8. The molecule has 0 atom stereocenters. The molecule has 3 aromatic rings. The van der Waals surface area contributed by atoms with Gasteiger partial charge in [-0.2, -0.15) is 4.98 Å². The Morgan fingerprint density at radius 2 is 2.14 bits per heavy atom. The van der Waals surface area contributed by atoms with Crippen molar-refractivity contribution in [1.82, 2.24) is 20.1 Å². The molecule has 0 amide bonds. The summed E-state index contributed by atoms with van der Waals surface area (Å²) in [4.78, 5) is 23.6. The first-order chi connectivity index (χ1) is 10.7. The molecule has 0 bridgehead atoms. The molecule has 0 aliphatic carbocycles. The Balaban J connectivity index is 1.68. The summed E-state index contributed by atoms with van der Waals surface area (Å²) in [5.74, 6) is 0.0860. The molecule has 0 radical (unpaired) electrons. The van der Waals surface area contributed by atoms with Gasteiger partial charge in [-0.3, -0.25) is 4.98 Å². The number of ether oxygens (including phenoxy) is 1. The van der Waals surface area contributed by atoms with Gasteiger partial charge in [0.05, 0.1) is 6.20 Å². The topological polar surface area (TPSA) is 91.0 Å². The number of esters is 1. The molecular weight excluding hydrogens is 284 g/mol. The lowest BCUT2D eigenvalue weighted by Gasteiger charge is -2.00. The second-order valence-corrected chi connectivity index (χ2v) is 4.49. The zero-order valence-electron chi connectivity index (χ0n) is 11.8. The second kappa shape index (κ2) is 6.13. The van der Waals surface area contributed by atoms with Gasteiger partial charge >= 0.3 is 5.97 Å². The fraction of sp³-hybridized carbons (Fsp3) is 0.133. The molecule has 0 saturated carbocycles. The van der Waals surface area contributed by atoms with Crippen molar-refractivity contribution < 1.29 is 14.1 Å². The number of aryl methyl sites for hydroxylation is 1. The normalized spacial score (nSPS) is 10.4. The van der Waals surface area contributed by atoms with E-state index in [1.807, 2.05) is 31.2 Å². The summed E-state index contributed by atoms with van der Waals surface area (Å²) in [6.45, 7) is 1.84. The van der Waals surface area contributed by atoms with Crippen LogP contribution in [0, 0.1) is 6.92 Å². The third-order valence-electron chi connectivity index (χ3n) is 2.95. The van der Waals surface area contributed by atoms with Crippen LogP contribution in [0.2, 0.25) is 0 Å². The average molecular weight is 296 g/mol. The van der Waals surface area contributed by atoms with Crippen molar-refractivity contribution in [1.29, 1.82) is 0 Å². The lowest BCUT2D eigenvalue weighted by Crippen LogP contribution is -2.07. The molecule has 2 aromatic heterocycles. The van der Waals surface area contributed by atoms with Gasteiger partial charge in [-0.05, 0) is 12.5 Å². The van der Waals surface area contributed by atoms with Crippen LogP contribution in [0.1, 0.15) is 21.9 Å². The molecule has 7 heteroatoms. The standard InChI is InChI=1S/C15H12N4O3/c1-10-4-2-3-5-11(10)14-18-13(22-19-14)9-21-15(20)12-8-16-6-7-17-12/h2-8H,9H2,1H3. The molecule has 2 heterocycles. The molecule has 0 saturated heterocycles. The van der Waals surface area contributed by atoms with E-state index in [1.165, 1.54) is 18.6 Å². The van der Waals surface area contributed by atoms with Crippen molar-refractivity contribution in [3.8, 4) is 11.4 Å². The van der Waals surface area contributed by atoms with Crippen LogP contribution >= 0.6 is 0 Å². The van der Waals surface area contributed by atoms with Gasteiger partial charge in [0.25, 0.3) is 5.89 Å². The number of nitrogens with zero attached hydrogens (tertiary/aromatic N) is 4. The SMILES string of the molecule is Cc1ccccc1-c1noc(COC(=O)c2cnccn2)n1. The third-order valence-corrected chi connectivity index (χ3v) is 2.95. The monoisotopic (exact) mass is 296 g/mol. The van der Waals surface area contributed by atoms with Crippen molar-refractivity contribution in [2.75, 3.05) is 0 Å². The number of benzene rings is 1. The highest BCUT2D eigenvalue weighted by molar-refractivity contribution is 5.86. The minimum absolute atomic E-state index is 0.117. The third kappa shape index (κ3) is 2.98. The van der Waals surface area contributed by atoms with E-state index in [0.717, 1.165) is 11.1 Å². The first-order valence-electron chi connectivity index (χ1n) is 6.56. The summed E-state index contributed by atoms with van der Waals surface area (Å²) < 4.78 is 10.1. The maximum atomic E-state index is 11.7. The first kappa shape index (κ1) is 13.9. The molecule has 22 heavy (non-hydrogen) atoms. The predicted molar refractivity (Wildman–Crippen MR) is 75.6 cm³/mol. The lowest BCUT2D eigenvalue weighted by atomic mass is 10.1. The van der Waals surface area contributed by atoms with E-state index in [2.05, 4.69) is 20.1 Å². The summed E-state index contributed by atoms with van der Waals surface area (Å²) in [5.41, 5.74) is 2.03. The van der Waals surface area contributed by atoms with Gasteiger partial charge in [-0.15, -0.1) is 0 Å². The largest absolute Gasteiger partial charge is 0.451 e. The zero-order chi connectivity index (χ0) is 15.4. The molecule has 0 N–H and O–H groups in total. The van der Waals surface area contributed by atoms with E-state index in [0.29, 0.717) is 5.82 Å². The fourth-order valence-corrected chi connectivity index (χ4v) is 1.85. The fourth-order valence-electron chi connectivity index (χ4n) is 1.85. The summed E-state index contributed by atoms with van der Waals surface area (Å²) in [6.07, 6.45) is 4.22. The highest BCUT2D eigenvalue weighted by Crippen LogP contribution is 2.19. The lowest BCUT2D eigenvalue weighted by molar-refractivity contribution is 0.0422. The van der Waals surface area contributed by atoms with Crippen LogP contribution in [0.3, 0.4) is 0 Å². The molecule has 7 nitrogen and oxygen atoms in total. The quantitative estimate of drug-likeness (QED) is 0.681. The molecule has 3 rings (SSSR count). The van der Waals surface area contributed by atoms with Crippen LogP contribution in [0.5, 0.6) is 0 Å². The van der Waals surface area contributed by atoms with Gasteiger partial charge in [0, 0.05) is 18.0 Å². The highest BCUT2D eigenvalue weighted by atomic mass is 16.6. The molecule has 0 fully saturated rings. The summed E-state index contributed by atoms with van der Waals surface area (Å²) >= 11 is 0. The molecule has 0 unspecified atom stereocenters. The van der Waals surface area contributed by atoms with Crippen molar-refractivity contribution in [2.24, 2.45) is 0 Å². The Morgan fingerprint density at radius 1 is 1.27 bits per heavy atom. The summed E-state index contributed by atoms with van der Waals surface area (Å²) in [7, 11) is 0. The van der Waals surface area contributed by atoms with Gasteiger partial charge in [0.15, 0.2) is 12.3 Å². The summed E-state index contributed by atoms with van der Waals surface area (Å²) in [6, 6.07) is 7.68. The van der Waals surface area contributed by atoms with Crippen LogP contribution in [0.15, 0.2) is 47.4 Å². The van der Waals surface area contributed by atoms with Gasteiger partial charge < -0.3 is 9.26 Å². The van der Waals surface area contributed by atoms with E-state index < -0.39 is 5.97 Å². The molecule has 0 aliphatic heterocycles. The second-order valence-electron chi connectivity index (χ2n) is 4.49. The Morgan fingerprint density at radius 3 is 2.91 bits per heavy atom. The molecule has 0 aliphatic rings. The van der Waals surface area contributed by atoms with Gasteiger partial charge in [-0.25, -0.2) is 9.78 Å². The van der Waals surface area contributed by atoms with Crippen LogP contribution in [-0.2, 0) is 11.3 Å². The van der Waals surface area contributed by atoms with E-state index in [4.69, 9.17) is 9.26 Å². The van der Waals surface area contributed by atoms with E-state index in [9.17, 15) is 4.79 Å². The number of rotatable bonds is 4. The van der Waals surface area contributed by atoms with Crippen LogP contribution < -0.4 is 0 Å². The maximum Gasteiger partial charge on any atom is 0.359 e. The summed E-state index contributed by atoms with van der Waals surface area (Å²) in [5, 5.41) is 3.89. The minimum atomic E-state index is -0.594. The number of hydrogen-bond acceptors (Lipinski definition) is 7. The number of hydrogen-bond donors (Lipinski definition) is 0. The first-order valence-corrected chi connectivity index (χ1v) is 6.56. The van der Waals surface area contributed by atoms with Gasteiger partial charge in [-0.1, -0.05) is 29.4 Å². The molecule has 1 aromatic carbocycles. The highest BCUT2D eigenvalue weighted by Gasteiger charge is 2.14. The van der Waals surface area contributed by atoms with Crippen molar-refractivity contribution in [2.45, 2.75) is 13.5 Å². The van der Waals surface area contributed by atoms with Crippen LogP contribution in [0.25, 0.3) is 11.4 Å². The Labute approximate surface area is 126 Å². The smallest absolute Gasteiger partial charge is 0.359 e. The van der Waals surface area contributed by atoms with Crippen LogP contribution in [-0.4, -0.2) is 26.1 Å². The van der Waals surface area contributed by atoms with Crippen molar-refractivity contribution in [3.63, 3.8) is 0 Å². The average Bonchev–Trinajstić information content (AvgIpc) is 3.02. The van der Waals surface area contributed by atoms with Crippen LogP contribution in [0.4, 0.5) is 0 Å². The van der Waals surface area contributed by atoms with E-state index >= 15 is 0 Å². The molecule has 0 spiro atoms. The Bertz CT molecular complexity index is 786. The number of aromatic nitrogens is 4. The number of carbonyl (C=O) groups excluding carboxylic acids is 1. The van der Waals surface area contributed by atoms with E-state index in [-0.39, 0.29) is 18.2 Å². The minimum Gasteiger partial charge on any atom is -0.451 e. The van der Waals surface area contributed by atoms with Crippen molar-refractivity contribution >= 4 is 5.97 Å². The van der Waals surface area contributed by atoms with Gasteiger partial charge in [0.2, 0.25) is 5.82 Å². The van der Waals surface area contributed by atoms with Crippen molar-refractivity contribution in [3.05, 3.63) is 60.0 Å². The molecule has 110 valence electrons. The Hall–Kier alpha value is -3.09.